The van der Waals surface area contributed by atoms with Crippen molar-refractivity contribution in [3.8, 4) is 0 Å². The molecule has 2 aliphatic rings. The van der Waals surface area contributed by atoms with Crippen molar-refractivity contribution >= 4 is 41.7 Å². The Hall–Kier alpha value is 0.230. The highest BCUT2D eigenvalue weighted by molar-refractivity contribution is 14.0. The van der Waals surface area contributed by atoms with Crippen LogP contribution in [0.1, 0.15) is 13.3 Å². The first-order valence-electron chi connectivity index (χ1n) is 8.22. The van der Waals surface area contributed by atoms with Crippen molar-refractivity contribution < 1.29 is 9.47 Å². The van der Waals surface area contributed by atoms with Crippen LogP contribution in [0.3, 0.4) is 0 Å². The fourth-order valence-corrected chi connectivity index (χ4v) is 4.41. The SMILES string of the molecule is CCNC(=NCC1(N2CCOCC2)CCSC1)NCCOC.I. The number of morpholine rings is 1. The van der Waals surface area contributed by atoms with Crippen LogP contribution in [0.15, 0.2) is 4.99 Å². The first-order valence-corrected chi connectivity index (χ1v) is 9.38. The maximum absolute atomic E-state index is 5.51. The van der Waals surface area contributed by atoms with Gasteiger partial charge < -0.3 is 20.1 Å². The van der Waals surface area contributed by atoms with Crippen LogP contribution in [0.5, 0.6) is 0 Å². The van der Waals surface area contributed by atoms with Crippen molar-refractivity contribution in [3.05, 3.63) is 0 Å². The Morgan fingerprint density at radius 1 is 1.35 bits per heavy atom. The van der Waals surface area contributed by atoms with Gasteiger partial charge in [0.1, 0.15) is 0 Å². The molecule has 8 heteroatoms. The van der Waals surface area contributed by atoms with E-state index >= 15 is 0 Å². The smallest absolute Gasteiger partial charge is 0.191 e. The number of hydrogen-bond acceptors (Lipinski definition) is 5. The fraction of sp³-hybridized carbons (Fsp3) is 0.933. The minimum absolute atomic E-state index is 0. The van der Waals surface area contributed by atoms with Crippen LogP contribution in [0.2, 0.25) is 0 Å². The zero-order valence-electron chi connectivity index (χ0n) is 14.3. The maximum atomic E-state index is 5.51. The number of halogens is 1. The number of aliphatic imine (C=N–C) groups is 1. The van der Waals surface area contributed by atoms with Crippen LogP contribution in [0, 0.1) is 0 Å². The number of thioether (sulfide) groups is 1. The Morgan fingerprint density at radius 2 is 2.13 bits per heavy atom. The van der Waals surface area contributed by atoms with E-state index in [1.54, 1.807) is 7.11 Å². The third kappa shape index (κ3) is 6.56. The van der Waals surface area contributed by atoms with Gasteiger partial charge in [-0.3, -0.25) is 9.89 Å². The monoisotopic (exact) mass is 458 g/mol. The summed E-state index contributed by atoms with van der Waals surface area (Å²) < 4.78 is 10.6. The van der Waals surface area contributed by atoms with E-state index in [4.69, 9.17) is 14.5 Å². The van der Waals surface area contributed by atoms with Crippen molar-refractivity contribution in [1.29, 1.82) is 0 Å². The number of hydrogen-bond donors (Lipinski definition) is 2. The molecule has 2 N–H and O–H groups in total. The van der Waals surface area contributed by atoms with Gasteiger partial charge in [0.25, 0.3) is 0 Å². The summed E-state index contributed by atoms with van der Waals surface area (Å²) in [5.41, 5.74) is 0.206. The highest BCUT2D eigenvalue weighted by Gasteiger charge is 2.40. The quantitative estimate of drug-likeness (QED) is 0.257. The molecule has 6 nitrogen and oxygen atoms in total. The third-order valence-electron chi connectivity index (χ3n) is 4.24. The second-order valence-corrected chi connectivity index (χ2v) is 6.85. The molecule has 0 aliphatic carbocycles. The van der Waals surface area contributed by atoms with E-state index in [1.165, 1.54) is 17.9 Å². The van der Waals surface area contributed by atoms with Gasteiger partial charge in [0, 0.05) is 39.0 Å². The van der Waals surface area contributed by atoms with E-state index in [0.717, 1.165) is 51.9 Å². The molecule has 136 valence electrons. The lowest BCUT2D eigenvalue weighted by Crippen LogP contribution is -2.56. The lowest BCUT2D eigenvalue weighted by molar-refractivity contribution is -0.0104. The fourth-order valence-electron chi connectivity index (χ4n) is 2.95. The first kappa shape index (κ1) is 21.3. The maximum Gasteiger partial charge on any atom is 0.191 e. The Kier molecular flexibility index (Phi) is 10.8. The largest absolute Gasteiger partial charge is 0.383 e. The lowest BCUT2D eigenvalue weighted by Gasteiger charge is -2.42. The van der Waals surface area contributed by atoms with Gasteiger partial charge in [0.15, 0.2) is 5.96 Å². The molecular weight excluding hydrogens is 427 g/mol. The number of ether oxygens (including phenoxy) is 2. The van der Waals surface area contributed by atoms with Crippen molar-refractivity contribution in [3.63, 3.8) is 0 Å². The molecule has 2 aliphatic heterocycles. The van der Waals surface area contributed by atoms with Gasteiger partial charge >= 0.3 is 0 Å². The molecule has 2 heterocycles. The Bertz CT molecular complexity index is 348. The first-order chi connectivity index (χ1) is 10.8. The topological polar surface area (TPSA) is 58.1 Å². The number of guanidine groups is 1. The summed E-state index contributed by atoms with van der Waals surface area (Å²) in [5.74, 6) is 3.30. The van der Waals surface area contributed by atoms with E-state index in [1.807, 2.05) is 11.8 Å². The molecule has 0 spiro atoms. The molecule has 0 aromatic rings. The highest BCUT2D eigenvalue weighted by Crippen LogP contribution is 2.34. The molecule has 2 rings (SSSR count). The van der Waals surface area contributed by atoms with Crippen LogP contribution < -0.4 is 10.6 Å². The molecule has 0 aromatic carbocycles. The Labute approximate surface area is 161 Å². The van der Waals surface area contributed by atoms with Gasteiger partial charge in [-0.05, 0) is 19.1 Å². The molecule has 2 saturated heterocycles. The number of methoxy groups -OCH3 is 1. The normalized spacial score (nSPS) is 25.9. The van der Waals surface area contributed by atoms with Gasteiger partial charge in [0.05, 0.1) is 31.9 Å². The Balaban J connectivity index is 0.00000264. The van der Waals surface area contributed by atoms with Crippen LogP contribution in [0.25, 0.3) is 0 Å². The van der Waals surface area contributed by atoms with E-state index in [9.17, 15) is 0 Å². The molecule has 0 saturated carbocycles. The average molecular weight is 458 g/mol. The zero-order valence-corrected chi connectivity index (χ0v) is 17.5. The molecule has 0 amide bonds. The minimum Gasteiger partial charge on any atom is -0.383 e. The standard InChI is InChI=1S/C15H30N4O2S.HI/c1-3-16-14(17-5-8-20-2)18-12-15(4-11-22-13-15)19-6-9-21-10-7-19;/h3-13H2,1-2H3,(H2,16,17,18);1H. The summed E-state index contributed by atoms with van der Waals surface area (Å²) in [5, 5.41) is 6.65. The van der Waals surface area contributed by atoms with Gasteiger partial charge in [-0.15, -0.1) is 24.0 Å². The van der Waals surface area contributed by atoms with Gasteiger partial charge in [-0.25, -0.2) is 0 Å². The van der Waals surface area contributed by atoms with Crippen molar-refractivity contribution in [2.24, 2.45) is 4.99 Å². The summed E-state index contributed by atoms with van der Waals surface area (Å²) in [4.78, 5) is 7.45. The van der Waals surface area contributed by atoms with E-state index < -0.39 is 0 Å². The van der Waals surface area contributed by atoms with Gasteiger partial charge in [-0.2, -0.15) is 11.8 Å². The van der Waals surface area contributed by atoms with Crippen LogP contribution in [-0.2, 0) is 9.47 Å². The van der Waals surface area contributed by atoms with Crippen molar-refractivity contribution in [1.82, 2.24) is 15.5 Å². The molecule has 2 fully saturated rings. The Morgan fingerprint density at radius 3 is 2.74 bits per heavy atom. The zero-order chi connectivity index (χ0) is 15.7. The summed E-state index contributed by atoms with van der Waals surface area (Å²) in [7, 11) is 1.72. The second kappa shape index (κ2) is 11.7. The van der Waals surface area contributed by atoms with Crippen LogP contribution in [-0.4, -0.2) is 87.6 Å². The van der Waals surface area contributed by atoms with Gasteiger partial charge in [0.2, 0.25) is 0 Å². The third-order valence-corrected chi connectivity index (χ3v) is 5.47. The average Bonchev–Trinajstić information content (AvgIpc) is 3.04. The molecular formula is C15H31IN4O2S. The van der Waals surface area contributed by atoms with E-state index in [2.05, 4.69) is 22.5 Å². The molecule has 0 radical (unpaired) electrons. The molecule has 1 unspecified atom stereocenters. The lowest BCUT2D eigenvalue weighted by atomic mass is 9.96. The van der Waals surface area contributed by atoms with E-state index in [-0.39, 0.29) is 29.5 Å². The number of nitrogens with one attached hydrogen (secondary N) is 2. The molecule has 23 heavy (non-hydrogen) atoms. The van der Waals surface area contributed by atoms with E-state index in [0.29, 0.717) is 6.61 Å². The van der Waals surface area contributed by atoms with Crippen molar-refractivity contribution in [2.45, 2.75) is 18.9 Å². The summed E-state index contributed by atoms with van der Waals surface area (Å²) in [6.45, 7) is 9.05. The summed E-state index contributed by atoms with van der Waals surface area (Å²) >= 11 is 2.05. The van der Waals surface area contributed by atoms with Crippen molar-refractivity contribution in [2.75, 3.05) is 71.2 Å². The highest BCUT2D eigenvalue weighted by atomic mass is 127. The summed E-state index contributed by atoms with van der Waals surface area (Å²) in [6.07, 6.45) is 1.22. The molecule has 1 atom stereocenters. The van der Waals surface area contributed by atoms with Gasteiger partial charge in [-0.1, -0.05) is 0 Å². The minimum atomic E-state index is 0. The number of nitrogens with zero attached hydrogens (tertiary/aromatic N) is 2. The van der Waals surface area contributed by atoms with Crippen LogP contribution >= 0.6 is 35.7 Å². The molecule has 0 bridgehead atoms. The predicted octanol–water partition coefficient (Wildman–Crippen LogP) is 1.01. The second-order valence-electron chi connectivity index (χ2n) is 5.74. The predicted molar refractivity (Wildman–Crippen MR) is 108 cm³/mol. The van der Waals surface area contributed by atoms with Crippen LogP contribution in [0.4, 0.5) is 0 Å². The molecule has 0 aromatic heterocycles. The summed E-state index contributed by atoms with van der Waals surface area (Å²) in [6, 6.07) is 0. The number of rotatable bonds is 7.